The third-order valence-corrected chi connectivity index (χ3v) is 14.7. The molecule has 2 heterocycles. The third-order valence-electron chi connectivity index (χ3n) is 14.7. The molecule has 2 saturated carbocycles. The highest BCUT2D eigenvalue weighted by molar-refractivity contribution is 5.85. The standard InChI is InChI=1S/C21H38N2O4.C14H27NO.C8H17N3.C7H13NO4.C6H5N3O.C6H15N.C4H8O.CH4.ClH/c1-14(2)16-10-9-15(3)12-17(16)18(24)8-7-11-22-19(25)13-23-20(26)27-21(4,5)6;1-10(2)12-7-6-11(3)9-13(12)14(16)5-4-8-15;1-4-9-8-10-6-5-7-11(2)3;1-7(2,3)12-6(11)8-4-5(9)10;10-9-6-4-2-1-3-5(6)7-8-9;1-4-7(5-2)6-3;1-2-4-5-3-1;;/h14-17H,7-13H2,1-6H3,(H,22,25)(H,23,26);10-13H,4-9,15H2,1-3H3;4-7H2,1-3H3;4H2,1-3H3,(H,8,11)(H,9,10);1-4,10H;4-6H2,1-3H3;1-4H2;1H4;1H/t15-,16+,17-;11-,12+,13-;;;;;;;/m11......./s1. The number of alkyl carbamates (subject to hydrolysis) is 2. The van der Waals surface area contributed by atoms with Crippen molar-refractivity contribution in [3.05, 3.63) is 24.3 Å². The molecule has 0 unspecified atom stereocenters. The molecule has 3 amide bonds. The first-order chi connectivity index (χ1) is 41.4. The van der Waals surface area contributed by atoms with Crippen LogP contribution < -0.4 is 21.7 Å². The van der Waals surface area contributed by atoms with Crippen LogP contribution in [0.25, 0.3) is 11.0 Å². The molecule has 2 aliphatic carbocycles. The number of rotatable bonds is 23. The predicted molar refractivity (Wildman–Crippen MR) is 367 cm³/mol. The van der Waals surface area contributed by atoms with Crippen LogP contribution in [0.1, 0.15) is 202 Å². The number of nitrogens with one attached hydrogen (secondary N) is 3. The molecule has 22 nitrogen and oxygen atoms in total. The Labute approximate surface area is 549 Å². The van der Waals surface area contributed by atoms with E-state index in [0.29, 0.717) is 90.5 Å². The van der Waals surface area contributed by atoms with Gasteiger partial charge in [-0.25, -0.2) is 19.6 Å². The number of Topliss-reactive ketones (excluding diaryl/α,β-unsaturated/α-hetero) is 2. The van der Waals surface area contributed by atoms with E-state index in [2.05, 4.69) is 128 Å². The molecule has 1 aromatic heterocycles. The number of carbonyl (C=O) groups excluding carboxylic acids is 5. The van der Waals surface area contributed by atoms with E-state index in [1.807, 2.05) is 19.1 Å². The number of carbonyl (C=O) groups is 6. The topological polar surface area (TPSA) is 295 Å². The number of aliphatic carboxylic acids is 1. The molecule has 23 heteroatoms. The van der Waals surface area contributed by atoms with Crippen molar-refractivity contribution in [1.82, 2.24) is 40.9 Å². The normalized spacial score (nSPS) is 18.2. The molecule has 0 spiro atoms. The molecule has 0 bridgehead atoms. The van der Waals surface area contributed by atoms with E-state index in [4.69, 9.17) is 30.3 Å². The van der Waals surface area contributed by atoms with Gasteiger partial charge in [-0.15, -0.1) is 17.5 Å². The molecule has 2 aromatic rings. The summed E-state index contributed by atoms with van der Waals surface area (Å²) in [6.07, 6.45) is 12.0. The molecule has 3 fully saturated rings. The lowest BCUT2D eigenvalue weighted by Crippen LogP contribution is -2.40. The van der Waals surface area contributed by atoms with Crippen LogP contribution >= 0.6 is 12.4 Å². The quantitative estimate of drug-likeness (QED) is 0.0342. The first-order valence-corrected chi connectivity index (χ1v) is 32.6. The van der Waals surface area contributed by atoms with E-state index in [1.165, 1.54) is 51.7 Å². The number of hydrogen-bond donors (Lipinski definition) is 6. The van der Waals surface area contributed by atoms with Crippen LogP contribution in [-0.2, 0) is 33.4 Å². The van der Waals surface area contributed by atoms with Gasteiger partial charge in [-0.05, 0) is 206 Å². The SMILES string of the molecule is C.C1CCOC1.CC(C)(C)OC(=O)NCC(=O)O.CC(C)[C@@H]1CC[C@@H](C)C[C@H]1C(=O)CCCN.CC(C)[C@@H]1CC[C@@H](C)C[C@H]1C(=O)CCCNC(=O)CNC(=O)OC(C)(C)C.CCN(CC)CC.CCN=C=NCCCN(C)C.Cl.On1nnc2ccccc21. The van der Waals surface area contributed by atoms with Crippen molar-refractivity contribution >= 4 is 65.1 Å². The number of hydrogen-bond acceptors (Lipinski definition) is 17. The Hall–Kier alpha value is -5.25. The molecule has 524 valence electrons. The number of halogens is 1. The summed E-state index contributed by atoms with van der Waals surface area (Å²) in [6, 6.07) is 9.83. The summed E-state index contributed by atoms with van der Waals surface area (Å²) in [5, 5.41) is 31.5. The van der Waals surface area contributed by atoms with Crippen LogP contribution in [-0.4, -0.2) is 181 Å². The third kappa shape index (κ3) is 48.5. The Morgan fingerprint density at radius 1 is 0.744 bits per heavy atom. The van der Waals surface area contributed by atoms with Crippen LogP contribution in [0.3, 0.4) is 0 Å². The lowest BCUT2D eigenvalue weighted by molar-refractivity contribution is -0.136. The van der Waals surface area contributed by atoms with Gasteiger partial charge in [0.15, 0.2) is 0 Å². The van der Waals surface area contributed by atoms with Crippen LogP contribution in [0.15, 0.2) is 34.3 Å². The summed E-state index contributed by atoms with van der Waals surface area (Å²) in [7, 11) is 4.12. The van der Waals surface area contributed by atoms with Crippen molar-refractivity contribution < 1.29 is 53.3 Å². The van der Waals surface area contributed by atoms with E-state index < -0.39 is 35.9 Å². The smallest absolute Gasteiger partial charge is 0.408 e. The van der Waals surface area contributed by atoms with Gasteiger partial charge < -0.3 is 56.0 Å². The van der Waals surface area contributed by atoms with E-state index in [-0.39, 0.29) is 38.2 Å². The van der Waals surface area contributed by atoms with E-state index in [9.17, 15) is 28.8 Å². The summed E-state index contributed by atoms with van der Waals surface area (Å²) in [5.74, 6) is 3.52. The number of carboxylic acids is 1. The van der Waals surface area contributed by atoms with Gasteiger partial charge in [-0.2, -0.15) is 0 Å². The minimum absolute atomic E-state index is 0. The van der Waals surface area contributed by atoms with E-state index >= 15 is 0 Å². The minimum atomic E-state index is -1.10. The van der Waals surface area contributed by atoms with Gasteiger partial charge >= 0.3 is 18.2 Å². The Kier molecular flexibility index (Phi) is 54.0. The number of ether oxygens (including phenoxy) is 3. The van der Waals surface area contributed by atoms with Crippen molar-refractivity contribution in [2.24, 2.45) is 63.1 Å². The first-order valence-electron chi connectivity index (χ1n) is 32.6. The highest BCUT2D eigenvalue weighted by atomic mass is 35.5. The van der Waals surface area contributed by atoms with Gasteiger partial charge in [-0.3, -0.25) is 19.2 Å². The van der Waals surface area contributed by atoms with Crippen molar-refractivity contribution in [3.8, 4) is 0 Å². The highest BCUT2D eigenvalue weighted by Gasteiger charge is 2.36. The number of para-hydroxylation sites is 1. The van der Waals surface area contributed by atoms with Crippen molar-refractivity contribution in [3.63, 3.8) is 0 Å². The molecule has 90 heavy (non-hydrogen) atoms. The number of benzene rings is 1. The van der Waals surface area contributed by atoms with Gasteiger partial charge in [0.2, 0.25) is 5.91 Å². The summed E-state index contributed by atoms with van der Waals surface area (Å²) >= 11 is 0. The average Bonchev–Trinajstić information content (AvgIpc) is 1.23. The molecule has 1 aromatic carbocycles. The van der Waals surface area contributed by atoms with Crippen molar-refractivity contribution in [2.75, 3.05) is 92.8 Å². The first kappa shape index (κ1) is 91.2. The van der Waals surface area contributed by atoms with Crippen molar-refractivity contribution in [1.29, 1.82) is 0 Å². The number of fused-ring (bicyclic) bond motifs is 1. The number of nitrogens with zero attached hydrogens (tertiary/aromatic N) is 7. The molecule has 7 N–H and O–H groups in total. The lowest BCUT2D eigenvalue weighted by Gasteiger charge is -2.36. The van der Waals surface area contributed by atoms with E-state index in [0.717, 1.165) is 75.7 Å². The molecular formula is C67H128ClN11O11. The second kappa shape index (κ2) is 53.3. The van der Waals surface area contributed by atoms with E-state index in [1.54, 1.807) is 53.7 Å². The maximum atomic E-state index is 12.7. The fourth-order valence-corrected chi connectivity index (χ4v) is 9.95. The largest absolute Gasteiger partial charge is 0.480 e. The van der Waals surface area contributed by atoms with Gasteiger partial charge in [0.25, 0.3) is 0 Å². The molecule has 6 atom stereocenters. The number of ketones is 2. The Bertz CT molecular complexity index is 2240. The fraction of sp³-hybridized carbons (Fsp3) is 0.806. The maximum Gasteiger partial charge on any atom is 0.408 e. The Morgan fingerprint density at radius 3 is 1.61 bits per heavy atom. The molecule has 0 radical (unpaired) electrons. The number of aromatic nitrogens is 3. The molecular weight excluding hydrogens is 1170 g/mol. The molecule has 1 aliphatic heterocycles. The molecule has 3 aliphatic rings. The monoisotopic (exact) mass is 1300 g/mol. The number of nitrogens with two attached hydrogens (primary N) is 1. The zero-order valence-corrected chi connectivity index (χ0v) is 59.1. The molecule has 5 rings (SSSR count). The maximum absolute atomic E-state index is 12.7. The highest BCUT2D eigenvalue weighted by Crippen LogP contribution is 2.40. The zero-order valence-electron chi connectivity index (χ0n) is 58.3. The lowest BCUT2D eigenvalue weighted by atomic mass is 9.68. The fourth-order valence-electron chi connectivity index (χ4n) is 9.95. The Balaban J connectivity index is -0.000000508. The van der Waals surface area contributed by atoms with Gasteiger partial charge in [0.1, 0.15) is 40.3 Å². The van der Waals surface area contributed by atoms with Gasteiger partial charge in [0.05, 0.1) is 19.1 Å². The van der Waals surface area contributed by atoms with Gasteiger partial charge in [0, 0.05) is 51.0 Å². The second-order valence-corrected chi connectivity index (χ2v) is 25.8. The summed E-state index contributed by atoms with van der Waals surface area (Å²) in [4.78, 5) is 82.0. The van der Waals surface area contributed by atoms with Crippen molar-refractivity contribution in [2.45, 2.75) is 213 Å². The zero-order chi connectivity index (χ0) is 67.3. The van der Waals surface area contributed by atoms with Gasteiger partial charge in [-0.1, -0.05) is 99.6 Å². The predicted octanol–water partition coefficient (Wildman–Crippen LogP) is 12.3. The summed E-state index contributed by atoms with van der Waals surface area (Å²) in [6.45, 7) is 41.1. The average molecular weight is 1300 g/mol. The second-order valence-electron chi connectivity index (χ2n) is 25.8. The van der Waals surface area contributed by atoms with Crippen LogP contribution in [0.4, 0.5) is 9.59 Å². The summed E-state index contributed by atoms with van der Waals surface area (Å²) < 4.78 is 14.8. The van der Waals surface area contributed by atoms with Crippen LogP contribution in [0, 0.1) is 47.3 Å². The minimum Gasteiger partial charge on any atom is -0.480 e. The Morgan fingerprint density at radius 2 is 1.22 bits per heavy atom. The number of carboxylic acid groups (broad SMARTS) is 1. The van der Waals surface area contributed by atoms with Crippen LogP contribution in [0.2, 0.25) is 0 Å². The molecule has 1 saturated heterocycles. The summed E-state index contributed by atoms with van der Waals surface area (Å²) in [5.41, 5.74) is 5.62. The number of aliphatic imine (C=N–C) groups is 2. The number of amides is 3. The van der Waals surface area contributed by atoms with Crippen LogP contribution in [0.5, 0.6) is 0 Å².